The fourth-order valence-electron chi connectivity index (χ4n) is 3.35. The highest BCUT2D eigenvalue weighted by Crippen LogP contribution is 2.26. The van der Waals surface area contributed by atoms with Crippen LogP contribution in [0.1, 0.15) is 5.69 Å². The van der Waals surface area contributed by atoms with Gasteiger partial charge in [0.25, 0.3) is 10.0 Å². The number of para-hydroxylation sites is 1. The van der Waals surface area contributed by atoms with Crippen LogP contribution in [0.25, 0.3) is 16.6 Å². The number of nitrogens with zero attached hydrogens (tertiary/aromatic N) is 6. The van der Waals surface area contributed by atoms with Crippen LogP contribution in [0.3, 0.4) is 0 Å². The summed E-state index contributed by atoms with van der Waals surface area (Å²) >= 11 is 0. The van der Waals surface area contributed by atoms with Gasteiger partial charge in [-0.2, -0.15) is 15.3 Å². The van der Waals surface area contributed by atoms with Gasteiger partial charge in [0.1, 0.15) is 10.6 Å². The first-order valence-electron chi connectivity index (χ1n) is 8.64. The molecule has 4 aromatic rings. The number of aryl methyl sites for hydroxylation is 1. The van der Waals surface area contributed by atoms with E-state index in [4.69, 9.17) is 4.74 Å². The average Bonchev–Trinajstić information content (AvgIpc) is 3.40. The zero-order valence-corrected chi connectivity index (χ0v) is 15.8. The molecule has 1 aliphatic heterocycles. The number of sulfonamides is 1. The molecule has 3 aromatic heterocycles. The molecule has 0 saturated heterocycles. The topological polar surface area (TPSA) is 109 Å². The zero-order valence-electron chi connectivity index (χ0n) is 15.0. The van der Waals surface area contributed by atoms with E-state index < -0.39 is 10.0 Å². The van der Waals surface area contributed by atoms with Crippen molar-refractivity contribution in [3.05, 3.63) is 48.7 Å². The van der Waals surface area contributed by atoms with Gasteiger partial charge in [0.05, 0.1) is 61.4 Å². The van der Waals surface area contributed by atoms with Crippen LogP contribution in [0.5, 0.6) is 0 Å². The highest BCUT2D eigenvalue weighted by molar-refractivity contribution is 7.92. The maximum atomic E-state index is 12.9. The van der Waals surface area contributed by atoms with E-state index in [1.165, 1.54) is 17.1 Å². The number of fused-ring (bicyclic) bond motifs is 2. The lowest BCUT2D eigenvalue weighted by molar-refractivity contribution is 0.0799. The van der Waals surface area contributed by atoms with Crippen molar-refractivity contribution < 1.29 is 13.2 Å². The lowest BCUT2D eigenvalue weighted by Crippen LogP contribution is -2.18. The zero-order chi connectivity index (χ0) is 19.3. The SMILES string of the molecule is Cn1ncc2cccc(NS(=O)(=O)c3cnn(-c4cnn5c4COCC5)c3)c21. The minimum atomic E-state index is -3.82. The van der Waals surface area contributed by atoms with Gasteiger partial charge in [0.15, 0.2) is 0 Å². The van der Waals surface area contributed by atoms with Crippen LogP contribution in [0.2, 0.25) is 0 Å². The summed E-state index contributed by atoms with van der Waals surface area (Å²) < 4.78 is 38.9. The highest BCUT2D eigenvalue weighted by atomic mass is 32.2. The van der Waals surface area contributed by atoms with E-state index in [0.717, 1.165) is 11.1 Å². The van der Waals surface area contributed by atoms with E-state index >= 15 is 0 Å². The summed E-state index contributed by atoms with van der Waals surface area (Å²) in [5, 5.41) is 13.6. The third-order valence-electron chi connectivity index (χ3n) is 4.73. The van der Waals surface area contributed by atoms with Gasteiger partial charge in [-0.3, -0.25) is 14.1 Å². The first-order chi connectivity index (χ1) is 13.5. The standard InChI is InChI=1S/C17H17N7O3S/c1-22-17-12(7-18-22)3-2-4-14(17)21-28(25,26)13-8-19-24(10-13)15-9-20-23-5-6-27-11-16(15)23/h2-4,7-10,21H,5-6,11H2,1H3. The van der Waals surface area contributed by atoms with Gasteiger partial charge >= 0.3 is 0 Å². The molecule has 5 rings (SSSR count). The third kappa shape index (κ3) is 2.67. The van der Waals surface area contributed by atoms with Crippen molar-refractivity contribution in [2.75, 3.05) is 11.3 Å². The summed E-state index contributed by atoms with van der Waals surface area (Å²) in [7, 11) is -2.06. The van der Waals surface area contributed by atoms with E-state index in [9.17, 15) is 8.42 Å². The second-order valence-corrected chi connectivity index (χ2v) is 8.17. The minimum absolute atomic E-state index is 0.0587. The monoisotopic (exact) mass is 399 g/mol. The molecule has 0 saturated carbocycles. The number of hydrogen-bond donors (Lipinski definition) is 1. The van der Waals surface area contributed by atoms with Crippen LogP contribution < -0.4 is 4.72 Å². The minimum Gasteiger partial charge on any atom is -0.373 e. The van der Waals surface area contributed by atoms with E-state index in [0.29, 0.717) is 36.6 Å². The normalized spacial score (nSPS) is 14.3. The summed E-state index contributed by atoms with van der Waals surface area (Å²) in [6.45, 7) is 1.69. The van der Waals surface area contributed by atoms with E-state index in [1.54, 1.807) is 36.3 Å². The van der Waals surface area contributed by atoms with Gasteiger partial charge in [0.2, 0.25) is 0 Å². The van der Waals surface area contributed by atoms with E-state index in [2.05, 4.69) is 20.0 Å². The quantitative estimate of drug-likeness (QED) is 0.554. The Labute approximate surface area is 160 Å². The molecule has 0 radical (unpaired) electrons. The van der Waals surface area contributed by atoms with Crippen LogP contribution in [0.15, 0.2) is 47.9 Å². The Kier molecular flexibility index (Phi) is 3.74. The highest BCUT2D eigenvalue weighted by Gasteiger charge is 2.22. The molecule has 0 unspecified atom stereocenters. The molecule has 144 valence electrons. The summed E-state index contributed by atoms with van der Waals surface area (Å²) in [5.74, 6) is 0. The van der Waals surface area contributed by atoms with E-state index in [1.807, 2.05) is 10.7 Å². The molecule has 1 aliphatic rings. The maximum Gasteiger partial charge on any atom is 0.265 e. The molecule has 1 aromatic carbocycles. The molecule has 10 nitrogen and oxygen atoms in total. The summed E-state index contributed by atoms with van der Waals surface area (Å²) in [6.07, 6.45) is 6.14. The van der Waals surface area contributed by atoms with Gasteiger partial charge in [-0.05, 0) is 6.07 Å². The number of rotatable bonds is 4. The number of ether oxygens (including phenoxy) is 1. The van der Waals surface area contributed by atoms with Gasteiger partial charge in [-0.25, -0.2) is 13.1 Å². The number of nitrogens with one attached hydrogen (secondary N) is 1. The molecule has 0 atom stereocenters. The molecule has 0 spiro atoms. The Morgan fingerprint density at radius 3 is 2.93 bits per heavy atom. The van der Waals surface area contributed by atoms with Gasteiger partial charge in [-0.1, -0.05) is 12.1 Å². The van der Waals surface area contributed by atoms with Crippen molar-refractivity contribution in [1.82, 2.24) is 29.3 Å². The third-order valence-corrected chi connectivity index (χ3v) is 6.05. The summed E-state index contributed by atoms with van der Waals surface area (Å²) in [4.78, 5) is 0.0587. The maximum absolute atomic E-state index is 12.9. The van der Waals surface area contributed by atoms with Crippen LogP contribution in [0, 0.1) is 0 Å². The fraction of sp³-hybridized carbons (Fsp3) is 0.235. The van der Waals surface area contributed by atoms with Crippen LogP contribution in [-0.4, -0.2) is 44.4 Å². The van der Waals surface area contributed by atoms with Crippen molar-refractivity contribution in [2.45, 2.75) is 18.0 Å². The molecule has 0 bridgehead atoms. The molecule has 0 fully saturated rings. The van der Waals surface area contributed by atoms with Gasteiger partial charge < -0.3 is 4.74 Å². The first kappa shape index (κ1) is 17.0. The predicted molar refractivity (Wildman–Crippen MR) is 101 cm³/mol. The summed E-state index contributed by atoms with van der Waals surface area (Å²) in [5.41, 5.74) is 2.74. The van der Waals surface area contributed by atoms with Crippen molar-refractivity contribution in [1.29, 1.82) is 0 Å². The number of anilines is 1. The molecule has 28 heavy (non-hydrogen) atoms. The Morgan fingerprint density at radius 2 is 2.04 bits per heavy atom. The Hall–Kier alpha value is -3.18. The summed E-state index contributed by atoms with van der Waals surface area (Å²) in [6, 6.07) is 5.37. The predicted octanol–water partition coefficient (Wildman–Crippen LogP) is 1.29. The molecule has 0 amide bonds. The van der Waals surface area contributed by atoms with Crippen LogP contribution >= 0.6 is 0 Å². The largest absolute Gasteiger partial charge is 0.373 e. The second kappa shape index (κ2) is 6.17. The first-order valence-corrected chi connectivity index (χ1v) is 10.1. The number of benzene rings is 1. The van der Waals surface area contributed by atoms with Crippen LogP contribution in [-0.2, 0) is 35.0 Å². The molecule has 11 heteroatoms. The second-order valence-electron chi connectivity index (χ2n) is 6.49. The smallest absolute Gasteiger partial charge is 0.265 e. The molecule has 0 aliphatic carbocycles. The van der Waals surface area contributed by atoms with Crippen molar-refractivity contribution in [3.8, 4) is 5.69 Å². The van der Waals surface area contributed by atoms with Crippen LogP contribution in [0.4, 0.5) is 5.69 Å². The lowest BCUT2D eigenvalue weighted by Gasteiger charge is -2.15. The van der Waals surface area contributed by atoms with Gasteiger partial charge in [-0.15, -0.1) is 0 Å². The fourth-order valence-corrected chi connectivity index (χ4v) is 4.35. The average molecular weight is 399 g/mol. The molecule has 4 heterocycles. The van der Waals surface area contributed by atoms with Crippen molar-refractivity contribution >= 4 is 26.6 Å². The number of hydrogen-bond acceptors (Lipinski definition) is 6. The molecule has 1 N–H and O–H groups in total. The Morgan fingerprint density at radius 1 is 1.14 bits per heavy atom. The van der Waals surface area contributed by atoms with Gasteiger partial charge in [0, 0.05) is 12.4 Å². The number of aromatic nitrogens is 6. The van der Waals surface area contributed by atoms with Crippen molar-refractivity contribution in [3.63, 3.8) is 0 Å². The Balaban J connectivity index is 1.49. The lowest BCUT2D eigenvalue weighted by atomic mass is 10.2. The molecular weight excluding hydrogens is 382 g/mol. The Bertz CT molecular complexity index is 1290. The van der Waals surface area contributed by atoms with Crippen molar-refractivity contribution in [2.24, 2.45) is 7.05 Å². The molecular formula is C17H17N7O3S. The van der Waals surface area contributed by atoms with E-state index in [-0.39, 0.29) is 4.90 Å².